The van der Waals surface area contributed by atoms with Crippen LogP contribution in [0.1, 0.15) is 72.1 Å². The molecule has 4 rings (SSSR count). The van der Waals surface area contributed by atoms with Crippen molar-refractivity contribution >= 4 is 21.7 Å². The second-order valence-corrected chi connectivity index (χ2v) is 11.5. The van der Waals surface area contributed by atoms with Crippen LogP contribution in [0.15, 0.2) is 0 Å². The Morgan fingerprint density at radius 1 is 1.11 bits per heavy atom. The van der Waals surface area contributed by atoms with Gasteiger partial charge in [0.25, 0.3) is 0 Å². The summed E-state index contributed by atoms with van der Waals surface area (Å²) >= 11 is 3.43. The molecule has 0 aliphatic heterocycles. The average molecular weight is 441 g/mol. The molecule has 0 amide bonds. The molecule has 0 spiro atoms. The van der Waals surface area contributed by atoms with Gasteiger partial charge in [0.1, 0.15) is 5.78 Å². The van der Waals surface area contributed by atoms with Crippen molar-refractivity contribution in [2.75, 3.05) is 12.4 Å². The zero-order valence-electron chi connectivity index (χ0n) is 17.5. The first-order valence-electron chi connectivity index (χ1n) is 11.0. The molecule has 0 aromatic carbocycles. The van der Waals surface area contributed by atoms with E-state index >= 15 is 0 Å². The van der Waals surface area contributed by atoms with E-state index in [1.165, 1.54) is 19.3 Å². The van der Waals surface area contributed by atoms with E-state index in [0.717, 1.165) is 38.0 Å². The second kappa shape index (κ2) is 6.80. The summed E-state index contributed by atoms with van der Waals surface area (Å²) in [6.07, 6.45) is 9.01. The van der Waals surface area contributed by atoms with Gasteiger partial charge in [-0.1, -0.05) is 29.8 Å². The van der Waals surface area contributed by atoms with Crippen LogP contribution in [-0.2, 0) is 9.53 Å². The molecule has 0 saturated heterocycles. The van der Waals surface area contributed by atoms with E-state index in [9.17, 15) is 9.90 Å². The third-order valence-corrected chi connectivity index (χ3v) is 10.4. The number of carbonyl (C=O) groups excluding carboxylic acids is 1. The van der Waals surface area contributed by atoms with Gasteiger partial charge in [-0.2, -0.15) is 0 Å². The maximum atomic E-state index is 12.7. The molecule has 1 N–H and O–H groups in total. The maximum absolute atomic E-state index is 12.7. The van der Waals surface area contributed by atoms with Crippen molar-refractivity contribution < 1.29 is 14.6 Å². The number of hydrogen-bond donors (Lipinski definition) is 1. The van der Waals surface area contributed by atoms with Gasteiger partial charge in [0, 0.05) is 18.4 Å². The smallest absolute Gasteiger partial charge is 0.147 e. The number of methoxy groups -OCH3 is 1. The van der Waals surface area contributed by atoms with Gasteiger partial charge in [-0.3, -0.25) is 4.79 Å². The molecule has 9 atom stereocenters. The number of halogens is 1. The zero-order valence-corrected chi connectivity index (χ0v) is 19.1. The van der Waals surface area contributed by atoms with Crippen molar-refractivity contribution in [3.8, 4) is 0 Å². The Kier molecular flexibility index (Phi) is 5.13. The Morgan fingerprint density at radius 3 is 2.52 bits per heavy atom. The van der Waals surface area contributed by atoms with E-state index in [-0.39, 0.29) is 17.4 Å². The fourth-order valence-electron chi connectivity index (χ4n) is 8.34. The summed E-state index contributed by atoms with van der Waals surface area (Å²) in [5.74, 6) is 3.15. The summed E-state index contributed by atoms with van der Waals surface area (Å²) in [6, 6.07) is 0. The third-order valence-electron chi connectivity index (χ3n) is 9.83. The van der Waals surface area contributed by atoms with Gasteiger partial charge < -0.3 is 9.84 Å². The molecule has 4 fully saturated rings. The highest BCUT2D eigenvalue weighted by Crippen LogP contribution is 2.68. The number of ketones is 1. The molecule has 4 heteroatoms. The lowest BCUT2D eigenvalue weighted by Crippen LogP contribution is -2.60. The molecule has 0 aromatic rings. The summed E-state index contributed by atoms with van der Waals surface area (Å²) in [7, 11) is 1.86. The number of alkyl halides is 1. The fraction of sp³-hybridized carbons (Fsp3) is 0.957. The first kappa shape index (κ1) is 20.3. The van der Waals surface area contributed by atoms with E-state index in [0.29, 0.717) is 34.3 Å². The molecule has 4 saturated carbocycles. The molecule has 27 heavy (non-hydrogen) atoms. The van der Waals surface area contributed by atoms with Gasteiger partial charge >= 0.3 is 0 Å². The van der Waals surface area contributed by atoms with Crippen LogP contribution < -0.4 is 0 Å². The molecular weight excluding hydrogens is 404 g/mol. The predicted molar refractivity (Wildman–Crippen MR) is 111 cm³/mol. The van der Waals surface area contributed by atoms with Gasteiger partial charge in [0.05, 0.1) is 17.0 Å². The van der Waals surface area contributed by atoms with Crippen LogP contribution in [0, 0.1) is 40.4 Å². The first-order valence-corrected chi connectivity index (χ1v) is 12.1. The van der Waals surface area contributed by atoms with Gasteiger partial charge in [-0.05, 0) is 87.4 Å². The quantitative estimate of drug-likeness (QED) is 0.628. The van der Waals surface area contributed by atoms with E-state index in [2.05, 4.69) is 29.8 Å². The summed E-state index contributed by atoms with van der Waals surface area (Å²) in [4.78, 5) is 12.7. The van der Waals surface area contributed by atoms with Crippen molar-refractivity contribution in [2.24, 2.45) is 40.4 Å². The van der Waals surface area contributed by atoms with Crippen LogP contribution in [-0.4, -0.2) is 35.0 Å². The highest BCUT2D eigenvalue weighted by Gasteiger charge is 2.65. The predicted octanol–water partition coefficient (Wildman–Crippen LogP) is 4.99. The Morgan fingerprint density at radius 2 is 1.85 bits per heavy atom. The van der Waals surface area contributed by atoms with Crippen molar-refractivity contribution in [3.63, 3.8) is 0 Å². The maximum Gasteiger partial charge on any atom is 0.147 e. The molecule has 154 valence electrons. The second-order valence-electron chi connectivity index (χ2n) is 10.9. The minimum absolute atomic E-state index is 0.00980. The first-order chi connectivity index (χ1) is 12.7. The van der Waals surface area contributed by atoms with Crippen molar-refractivity contribution in [2.45, 2.75) is 83.8 Å². The standard InChI is InChI=1S/C23H37BrO3/c1-21(26)9-10-22(2)14(12-21)5-6-15-16-7-8-17(19(25)13-24)23(16,3)20(27-4)11-18(15)22/h14-18,20,26H,5-13H2,1-4H3/t14-,15-,16-,17+,18-,20-,21+,22-,23-/m0/s1. The molecule has 0 bridgehead atoms. The van der Waals surface area contributed by atoms with E-state index in [1.54, 1.807) is 0 Å². The number of rotatable bonds is 3. The summed E-state index contributed by atoms with van der Waals surface area (Å²) in [5, 5.41) is 11.1. The van der Waals surface area contributed by atoms with Gasteiger partial charge in [0.2, 0.25) is 0 Å². The molecule has 0 unspecified atom stereocenters. The normalized spacial score (nSPS) is 54.7. The zero-order chi connectivity index (χ0) is 19.6. The van der Waals surface area contributed by atoms with Gasteiger partial charge in [0.15, 0.2) is 0 Å². The van der Waals surface area contributed by atoms with Gasteiger partial charge in [-0.15, -0.1) is 0 Å². The fourth-order valence-corrected chi connectivity index (χ4v) is 8.73. The summed E-state index contributed by atoms with van der Waals surface area (Å²) < 4.78 is 6.13. The van der Waals surface area contributed by atoms with Crippen LogP contribution in [0.25, 0.3) is 0 Å². The number of fused-ring (bicyclic) bond motifs is 5. The number of carbonyl (C=O) groups is 1. The van der Waals surface area contributed by atoms with E-state index < -0.39 is 5.60 Å². The van der Waals surface area contributed by atoms with Crippen LogP contribution >= 0.6 is 15.9 Å². The largest absolute Gasteiger partial charge is 0.390 e. The molecular formula is C23H37BrO3. The molecule has 0 aromatic heterocycles. The molecule has 0 radical (unpaired) electrons. The minimum Gasteiger partial charge on any atom is -0.390 e. The third kappa shape index (κ3) is 2.91. The lowest BCUT2D eigenvalue weighted by molar-refractivity contribution is -0.188. The van der Waals surface area contributed by atoms with Crippen LogP contribution in [0.3, 0.4) is 0 Å². The SMILES string of the molecule is CO[C@H]1C[C@H]2[C@@H](CC[C@H]3C[C@](C)(O)CC[C@@]32C)[C@@H]2CC[C@H](C(=O)CBr)[C@@]12C. The molecule has 3 nitrogen and oxygen atoms in total. The topological polar surface area (TPSA) is 46.5 Å². The number of Topliss-reactive ketones (excluding diaryl/α,β-unsaturated/α-hetero) is 1. The number of aliphatic hydroxyl groups is 1. The Balaban J connectivity index is 1.67. The Hall–Kier alpha value is 0.0700. The van der Waals surface area contributed by atoms with Crippen LogP contribution in [0.2, 0.25) is 0 Å². The van der Waals surface area contributed by atoms with Crippen molar-refractivity contribution in [1.29, 1.82) is 0 Å². The molecule has 4 aliphatic rings. The van der Waals surface area contributed by atoms with Crippen LogP contribution in [0.5, 0.6) is 0 Å². The van der Waals surface area contributed by atoms with E-state index in [4.69, 9.17) is 4.74 Å². The summed E-state index contributed by atoms with van der Waals surface area (Å²) in [5.41, 5.74) is -0.174. The Labute approximate surface area is 173 Å². The van der Waals surface area contributed by atoms with Crippen molar-refractivity contribution in [1.82, 2.24) is 0 Å². The lowest BCUT2D eigenvalue weighted by atomic mass is 9.43. The van der Waals surface area contributed by atoms with Gasteiger partial charge in [-0.25, -0.2) is 0 Å². The number of ether oxygens (including phenoxy) is 1. The monoisotopic (exact) mass is 440 g/mol. The minimum atomic E-state index is -0.485. The van der Waals surface area contributed by atoms with E-state index in [1.807, 2.05) is 14.0 Å². The van der Waals surface area contributed by atoms with Crippen molar-refractivity contribution in [3.05, 3.63) is 0 Å². The molecule has 4 aliphatic carbocycles. The number of hydrogen-bond acceptors (Lipinski definition) is 3. The Bertz CT molecular complexity index is 604. The lowest BCUT2D eigenvalue weighted by Gasteiger charge is -2.63. The average Bonchev–Trinajstić information content (AvgIpc) is 2.99. The molecule has 0 heterocycles. The highest BCUT2D eigenvalue weighted by molar-refractivity contribution is 9.09. The van der Waals surface area contributed by atoms with Crippen LogP contribution in [0.4, 0.5) is 0 Å². The highest BCUT2D eigenvalue weighted by atomic mass is 79.9. The summed E-state index contributed by atoms with van der Waals surface area (Å²) in [6.45, 7) is 6.90.